The summed E-state index contributed by atoms with van der Waals surface area (Å²) in [5.74, 6) is -0.796. The predicted molar refractivity (Wildman–Crippen MR) is 70.9 cm³/mol. The summed E-state index contributed by atoms with van der Waals surface area (Å²) in [6, 6.07) is 6.30. The summed E-state index contributed by atoms with van der Waals surface area (Å²) in [6.45, 7) is 0. The van der Waals surface area contributed by atoms with E-state index >= 15 is 0 Å². The van der Waals surface area contributed by atoms with E-state index in [0.29, 0.717) is 0 Å². The second-order valence-electron chi connectivity index (χ2n) is 3.62. The summed E-state index contributed by atoms with van der Waals surface area (Å²) < 4.78 is 39.6. The fourth-order valence-corrected chi connectivity index (χ4v) is 2.79. The van der Waals surface area contributed by atoms with E-state index < -0.39 is 21.5 Å². The van der Waals surface area contributed by atoms with Gasteiger partial charge in [-0.25, -0.2) is 17.8 Å². The quantitative estimate of drug-likeness (QED) is 0.672. The lowest BCUT2D eigenvalue weighted by atomic mass is 10.3. The first-order valence-corrected chi connectivity index (χ1v) is 6.94. The van der Waals surface area contributed by atoms with Gasteiger partial charge in [-0.05, 0) is 24.3 Å². The maximum Gasteiger partial charge on any atom is 0.264 e. The fraction of sp³-hybridized carbons (Fsp3) is 0. The van der Waals surface area contributed by atoms with E-state index in [0.717, 1.165) is 6.07 Å². The van der Waals surface area contributed by atoms with Crippen molar-refractivity contribution in [2.45, 2.75) is 4.90 Å². The van der Waals surface area contributed by atoms with E-state index in [2.05, 4.69) is 9.71 Å². The number of nitrogen functional groups attached to an aromatic ring is 1. The van der Waals surface area contributed by atoms with Gasteiger partial charge < -0.3 is 5.73 Å². The molecule has 0 radical (unpaired) electrons. The molecule has 0 aliphatic carbocycles. The van der Waals surface area contributed by atoms with Gasteiger partial charge in [0.2, 0.25) is 0 Å². The van der Waals surface area contributed by atoms with Crippen LogP contribution in [0.25, 0.3) is 0 Å². The average Bonchev–Trinajstić information content (AvgIpc) is 2.32. The second kappa shape index (κ2) is 5.02. The molecule has 19 heavy (non-hydrogen) atoms. The van der Waals surface area contributed by atoms with Crippen LogP contribution in [0, 0.1) is 5.82 Å². The third-order valence-corrected chi connectivity index (χ3v) is 3.93. The molecule has 2 rings (SSSR count). The molecule has 0 aliphatic heterocycles. The zero-order valence-electron chi connectivity index (χ0n) is 9.47. The summed E-state index contributed by atoms with van der Waals surface area (Å²) in [5, 5.41) is 0.132. The van der Waals surface area contributed by atoms with E-state index in [1.807, 2.05) is 0 Å². The first kappa shape index (κ1) is 13.6. The second-order valence-corrected chi connectivity index (χ2v) is 5.66. The van der Waals surface area contributed by atoms with E-state index in [1.54, 1.807) is 0 Å². The molecule has 0 spiro atoms. The Hall–Kier alpha value is -1.86. The number of sulfonamides is 1. The standard InChI is InChI=1S/C11H9ClFN3O2S/c12-10-6-7(4-5-15-10)16-19(17,18)9-3-1-2-8(13)11(9)14/h1-6H,14H2,(H,15,16). The van der Waals surface area contributed by atoms with Crippen LogP contribution >= 0.6 is 11.6 Å². The van der Waals surface area contributed by atoms with Crippen LogP contribution in [-0.4, -0.2) is 13.4 Å². The molecule has 8 heteroatoms. The minimum absolute atomic E-state index is 0.132. The average molecular weight is 302 g/mol. The van der Waals surface area contributed by atoms with Crippen molar-refractivity contribution in [3.8, 4) is 0 Å². The molecule has 1 heterocycles. The lowest BCUT2D eigenvalue weighted by molar-refractivity contribution is 0.597. The Labute approximate surface area is 114 Å². The number of benzene rings is 1. The highest BCUT2D eigenvalue weighted by Gasteiger charge is 2.19. The van der Waals surface area contributed by atoms with Crippen molar-refractivity contribution in [1.29, 1.82) is 0 Å². The van der Waals surface area contributed by atoms with E-state index in [4.69, 9.17) is 17.3 Å². The first-order valence-electron chi connectivity index (χ1n) is 5.08. The predicted octanol–water partition coefficient (Wildman–Crippen LogP) is 2.26. The normalized spacial score (nSPS) is 11.3. The van der Waals surface area contributed by atoms with Gasteiger partial charge in [-0.3, -0.25) is 4.72 Å². The van der Waals surface area contributed by atoms with Gasteiger partial charge >= 0.3 is 0 Å². The van der Waals surface area contributed by atoms with Crippen LogP contribution in [0.1, 0.15) is 0 Å². The molecular formula is C11H9ClFN3O2S. The fourth-order valence-electron chi connectivity index (χ4n) is 1.43. The molecule has 0 saturated heterocycles. The molecule has 0 saturated carbocycles. The molecule has 1 aromatic heterocycles. The van der Waals surface area contributed by atoms with Crippen LogP contribution in [0.5, 0.6) is 0 Å². The number of hydrogen-bond donors (Lipinski definition) is 2. The Morgan fingerprint density at radius 2 is 2.05 bits per heavy atom. The minimum Gasteiger partial charge on any atom is -0.395 e. The van der Waals surface area contributed by atoms with Crippen LogP contribution in [0.4, 0.5) is 15.8 Å². The molecule has 3 N–H and O–H groups in total. The molecular weight excluding hydrogens is 293 g/mol. The maximum atomic E-state index is 13.3. The zero-order chi connectivity index (χ0) is 14.0. The molecule has 2 aromatic rings. The topological polar surface area (TPSA) is 85.1 Å². The van der Waals surface area contributed by atoms with Crippen molar-refractivity contribution in [2.24, 2.45) is 0 Å². The van der Waals surface area contributed by atoms with E-state index in [-0.39, 0.29) is 15.7 Å². The van der Waals surface area contributed by atoms with Gasteiger partial charge in [-0.2, -0.15) is 0 Å². The summed E-state index contributed by atoms with van der Waals surface area (Å²) in [6.07, 6.45) is 1.34. The van der Waals surface area contributed by atoms with Gasteiger partial charge in [0.05, 0.1) is 11.4 Å². The number of anilines is 2. The molecule has 0 bridgehead atoms. The smallest absolute Gasteiger partial charge is 0.264 e. The number of halogens is 2. The lowest BCUT2D eigenvalue weighted by Crippen LogP contribution is -2.15. The number of aromatic nitrogens is 1. The highest BCUT2D eigenvalue weighted by atomic mass is 35.5. The number of rotatable bonds is 3. The highest BCUT2D eigenvalue weighted by Crippen LogP contribution is 2.24. The van der Waals surface area contributed by atoms with Crippen molar-refractivity contribution < 1.29 is 12.8 Å². The Bertz CT molecular complexity index is 722. The van der Waals surface area contributed by atoms with Crippen molar-refractivity contribution >= 4 is 33.0 Å². The molecule has 5 nitrogen and oxygen atoms in total. The summed E-state index contributed by atoms with van der Waals surface area (Å²) >= 11 is 5.65. The highest BCUT2D eigenvalue weighted by molar-refractivity contribution is 7.92. The molecule has 0 aliphatic rings. The van der Waals surface area contributed by atoms with E-state index in [9.17, 15) is 12.8 Å². The van der Waals surface area contributed by atoms with Crippen molar-refractivity contribution in [3.05, 3.63) is 47.5 Å². The van der Waals surface area contributed by atoms with Gasteiger partial charge in [0, 0.05) is 6.20 Å². The largest absolute Gasteiger partial charge is 0.395 e. The Morgan fingerprint density at radius 1 is 1.32 bits per heavy atom. The molecule has 1 aromatic carbocycles. The van der Waals surface area contributed by atoms with Gasteiger partial charge in [0.1, 0.15) is 15.9 Å². The molecule has 100 valence electrons. The third kappa shape index (κ3) is 2.94. The van der Waals surface area contributed by atoms with Crippen molar-refractivity contribution in [3.63, 3.8) is 0 Å². The maximum absolute atomic E-state index is 13.3. The number of para-hydroxylation sites is 1. The number of nitrogens with two attached hydrogens (primary N) is 1. The van der Waals surface area contributed by atoms with Crippen LogP contribution in [-0.2, 0) is 10.0 Å². The molecule has 0 amide bonds. The van der Waals surface area contributed by atoms with Gasteiger partial charge in [-0.1, -0.05) is 17.7 Å². The number of nitrogens with one attached hydrogen (secondary N) is 1. The molecule has 0 fully saturated rings. The number of hydrogen-bond acceptors (Lipinski definition) is 4. The van der Waals surface area contributed by atoms with Crippen LogP contribution < -0.4 is 10.5 Å². The molecule has 0 atom stereocenters. The summed E-state index contributed by atoms with van der Waals surface area (Å²) in [5.41, 5.74) is 5.20. The van der Waals surface area contributed by atoms with Gasteiger partial charge in [0.15, 0.2) is 0 Å². The number of pyridine rings is 1. The van der Waals surface area contributed by atoms with Crippen molar-refractivity contribution in [1.82, 2.24) is 4.98 Å². The third-order valence-electron chi connectivity index (χ3n) is 2.28. The Kier molecular flexibility index (Phi) is 3.59. The Morgan fingerprint density at radius 3 is 2.74 bits per heavy atom. The monoisotopic (exact) mass is 301 g/mol. The van der Waals surface area contributed by atoms with Crippen molar-refractivity contribution in [2.75, 3.05) is 10.5 Å². The van der Waals surface area contributed by atoms with Crippen LogP contribution in [0.2, 0.25) is 5.15 Å². The lowest BCUT2D eigenvalue weighted by Gasteiger charge is -2.10. The summed E-state index contributed by atoms with van der Waals surface area (Å²) in [4.78, 5) is 3.39. The minimum atomic E-state index is -3.98. The van der Waals surface area contributed by atoms with E-state index in [1.165, 1.54) is 30.5 Å². The molecule has 0 unspecified atom stereocenters. The van der Waals surface area contributed by atoms with Crippen LogP contribution in [0.3, 0.4) is 0 Å². The van der Waals surface area contributed by atoms with Crippen LogP contribution in [0.15, 0.2) is 41.4 Å². The Balaban J connectivity index is 2.41. The first-order chi connectivity index (χ1) is 8.90. The summed E-state index contributed by atoms with van der Waals surface area (Å²) in [7, 11) is -3.98. The SMILES string of the molecule is Nc1c(F)cccc1S(=O)(=O)Nc1ccnc(Cl)c1. The van der Waals surface area contributed by atoms with Gasteiger partial charge in [-0.15, -0.1) is 0 Å². The van der Waals surface area contributed by atoms with Gasteiger partial charge in [0.25, 0.3) is 10.0 Å². The number of nitrogens with zero attached hydrogens (tertiary/aromatic N) is 1. The zero-order valence-corrected chi connectivity index (χ0v) is 11.0.